The minimum Gasteiger partial charge on any atom is -0.406 e. The molecule has 0 spiro atoms. The molecule has 0 radical (unpaired) electrons. The molecule has 2 aromatic carbocycles. The van der Waals surface area contributed by atoms with Gasteiger partial charge in [0.15, 0.2) is 0 Å². The van der Waals surface area contributed by atoms with Gasteiger partial charge in [-0.2, -0.15) is 18.2 Å². The molecule has 1 aliphatic rings. The van der Waals surface area contributed by atoms with Crippen LogP contribution in [0.1, 0.15) is 31.2 Å². The molecule has 0 amide bonds. The van der Waals surface area contributed by atoms with Gasteiger partial charge in [-0.05, 0) is 43.2 Å². The number of benzene rings is 2. The molecular weight excluding hydrogens is 542 g/mol. The first-order valence-electron chi connectivity index (χ1n) is 10.6. The van der Waals surface area contributed by atoms with E-state index in [0.29, 0.717) is 5.56 Å². The van der Waals surface area contributed by atoms with Crippen LogP contribution < -0.4 is 15.4 Å². The number of ether oxygens (including phenoxy) is 1. The average molecular weight is 561 g/mol. The first-order chi connectivity index (χ1) is 16.5. The Labute approximate surface area is 205 Å². The molecule has 0 atom stereocenters. The van der Waals surface area contributed by atoms with E-state index < -0.39 is 23.9 Å². The normalized spacial score (nSPS) is 14.7. The van der Waals surface area contributed by atoms with Crippen LogP contribution in [0.4, 0.5) is 43.8 Å². The van der Waals surface area contributed by atoms with E-state index >= 15 is 0 Å². The number of halogens is 7. The fourth-order valence-corrected chi connectivity index (χ4v) is 4.27. The van der Waals surface area contributed by atoms with E-state index in [4.69, 9.17) is 0 Å². The molecule has 3 aromatic rings. The van der Waals surface area contributed by atoms with Gasteiger partial charge in [0.05, 0.1) is 11.3 Å². The summed E-state index contributed by atoms with van der Waals surface area (Å²) in [6.45, 7) is 0. The summed E-state index contributed by atoms with van der Waals surface area (Å²) in [5.74, 6) is -0.0311. The largest absolute Gasteiger partial charge is 0.573 e. The third-order valence-electron chi connectivity index (χ3n) is 5.32. The standard InChI is InChI=1S/C23H19BrF6N4O/c24-18-9-8-15(11-17(18)22(25,26)27)31-20-12-19(33-21(34-20)32-14-5-1-2-6-14)13-4-3-7-16(10-13)35-23(28,29)30/h3-4,7-12,14H,1-2,5-6H2,(H2,31,32,33,34). The Bertz CT molecular complexity index is 1200. The lowest BCUT2D eigenvalue weighted by Gasteiger charge is -2.16. The number of nitrogens with zero attached hydrogens (tertiary/aromatic N) is 2. The van der Waals surface area contributed by atoms with Crippen molar-refractivity contribution < 1.29 is 31.1 Å². The fourth-order valence-electron chi connectivity index (χ4n) is 3.80. The number of hydrogen-bond acceptors (Lipinski definition) is 5. The maximum Gasteiger partial charge on any atom is 0.573 e. The van der Waals surface area contributed by atoms with E-state index in [1.165, 1.54) is 30.3 Å². The Balaban J connectivity index is 1.70. The molecule has 2 N–H and O–H groups in total. The summed E-state index contributed by atoms with van der Waals surface area (Å²) in [6, 6.07) is 10.5. The molecule has 1 saturated carbocycles. The van der Waals surface area contributed by atoms with Crippen LogP contribution in [0.15, 0.2) is 53.0 Å². The second-order valence-corrected chi connectivity index (χ2v) is 8.84. The second-order valence-electron chi connectivity index (χ2n) is 7.98. The second kappa shape index (κ2) is 9.92. The summed E-state index contributed by atoms with van der Waals surface area (Å²) in [4.78, 5) is 8.81. The van der Waals surface area contributed by atoms with Crippen molar-refractivity contribution in [3.05, 3.63) is 58.6 Å². The van der Waals surface area contributed by atoms with Crippen molar-refractivity contribution in [2.75, 3.05) is 10.6 Å². The van der Waals surface area contributed by atoms with Gasteiger partial charge in [0.25, 0.3) is 0 Å². The van der Waals surface area contributed by atoms with Gasteiger partial charge < -0.3 is 15.4 Å². The zero-order chi connectivity index (χ0) is 25.2. The van der Waals surface area contributed by atoms with Gasteiger partial charge in [0, 0.05) is 27.8 Å². The zero-order valence-corrected chi connectivity index (χ0v) is 19.6. The number of nitrogens with one attached hydrogen (secondary N) is 2. The van der Waals surface area contributed by atoms with Gasteiger partial charge in [-0.1, -0.05) is 40.9 Å². The van der Waals surface area contributed by atoms with Gasteiger partial charge in [-0.15, -0.1) is 13.2 Å². The molecular formula is C23H19BrF6N4O. The quantitative estimate of drug-likeness (QED) is 0.300. The van der Waals surface area contributed by atoms with E-state index in [9.17, 15) is 26.3 Å². The summed E-state index contributed by atoms with van der Waals surface area (Å²) < 4.78 is 81.8. The number of rotatable bonds is 6. The average Bonchev–Trinajstić information content (AvgIpc) is 3.26. The van der Waals surface area contributed by atoms with Gasteiger partial charge >= 0.3 is 12.5 Å². The first kappa shape index (κ1) is 25.1. The van der Waals surface area contributed by atoms with Gasteiger partial charge in [0.2, 0.25) is 5.95 Å². The summed E-state index contributed by atoms with van der Waals surface area (Å²) in [5, 5.41) is 6.06. The number of anilines is 3. The summed E-state index contributed by atoms with van der Waals surface area (Å²) in [5.41, 5.74) is -0.147. The third-order valence-corrected chi connectivity index (χ3v) is 6.01. The van der Waals surface area contributed by atoms with Crippen LogP contribution in [0, 0.1) is 0 Å². The van der Waals surface area contributed by atoms with E-state index in [-0.39, 0.29) is 33.7 Å². The van der Waals surface area contributed by atoms with Crippen molar-refractivity contribution >= 4 is 33.4 Å². The van der Waals surface area contributed by atoms with Crippen LogP contribution in [-0.4, -0.2) is 22.4 Å². The van der Waals surface area contributed by atoms with Gasteiger partial charge in [-0.3, -0.25) is 0 Å². The fraction of sp³-hybridized carbons (Fsp3) is 0.304. The van der Waals surface area contributed by atoms with Gasteiger partial charge in [0.1, 0.15) is 11.6 Å². The Morgan fingerprint density at radius 1 is 0.914 bits per heavy atom. The lowest BCUT2D eigenvalue weighted by Crippen LogP contribution is -2.17. The van der Waals surface area contributed by atoms with E-state index in [1.807, 2.05) is 0 Å². The van der Waals surface area contributed by atoms with E-state index in [1.54, 1.807) is 6.07 Å². The zero-order valence-electron chi connectivity index (χ0n) is 18.0. The SMILES string of the molecule is FC(F)(F)Oc1cccc(-c2cc(Nc3ccc(Br)c(C(F)(F)F)c3)nc(NC3CCCC3)n2)c1. The Morgan fingerprint density at radius 3 is 2.34 bits per heavy atom. The van der Waals surface area contributed by atoms with Crippen LogP contribution in [0.3, 0.4) is 0 Å². The summed E-state index contributed by atoms with van der Waals surface area (Å²) in [7, 11) is 0. The summed E-state index contributed by atoms with van der Waals surface area (Å²) in [6.07, 6.45) is -5.53. The highest BCUT2D eigenvalue weighted by atomic mass is 79.9. The van der Waals surface area contributed by atoms with Crippen molar-refractivity contribution in [3.8, 4) is 17.0 Å². The van der Waals surface area contributed by atoms with Crippen LogP contribution in [0.2, 0.25) is 0 Å². The lowest BCUT2D eigenvalue weighted by molar-refractivity contribution is -0.274. The molecule has 1 fully saturated rings. The third kappa shape index (κ3) is 6.77. The molecule has 186 valence electrons. The number of alkyl halides is 6. The van der Waals surface area contributed by atoms with E-state index in [2.05, 4.69) is 41.3 Å². The van der Waals surface area contributed by atoms with Crippen molar-refractivity contribution in [1.82, 2.24) is 9.97 Å². The number of aromatic nitrogens is 2. The maximum atomic E-state index is 13.3. The highest BCUT2D eigenvalue weighted by molar-refractivity contribution is 9.10. The first-order valence-corrected chi connectivity index (χ1v) is 11.4. The minimum absolute atomic E-state index is 0.107. The Kier molecular flexibility index (Phi) is 7.11. The molecule has 5 nitrogen and oxygen atoms in total. The number of hydrogen-bond donors (Lipinski definition) is 2. The molecule has 35 heavy (non-hydrogen) atoms. The summed E-state index contributed by atoms with van der Waals surface area (Å²) >= 11 is 2.91. The molecule has 0 saturated heterocycles. The van der Waals surface area contributed by atoms with Gasteiger partial charge in [-0.25, -0.2) is 4.98 Å². The molecule has 12 heteroatoms. The highest BCUT2D eigenvalue weighted by Crippen LogP contribution is 2.37. The van der Waals surface area contributed by atoms with Crippen LogP contribution in [0.25, 0.3) is 11.3 Å². The highest BCUT2D eigenvalue weighted by Gasteiger charge is 2.33. The van der Waals surface area contributed by atoms with Crippen molar-refractivity contribution in [1.29, 1.82) is 0 Å². The lowest BCUT2D eigenvalue weighted by atomic mass is 10.1. The predicted octanol–water partition coefficient (Wildman–Crippen LogP) is 7.92. The molecule has 4 rings (SSSR count). The topological polar surface area (TPSA) is 59.1 Å². The molecule has 1 heterocycles. The Hall–Kier alpha value is -3.02. The van der Waals surface area contributed by atoms with E-state index in [0.717, 1.165) is 37.8 Å². The molecule has 1 aromatic heterocycles. The smallest absolute Gasteiger partial charge is 0.406 e. The molecule has 0 bridgehead atoms. The van der Waals surface area contributed by atoms with Crippen molar-refractivity contribution in [2.24, 2.45) is 0 Å². The predicted molar refractivity (Wildman–Crippen MR) is 122 cm³/mol. The monoisotopic (exact) mass is 560 g/mol. The van der Waals surface area contributed by atoms with Crippen molar-refractivity contribution in [3.63, 3.8) is 0 Å². The molecule has 0 aliphatic heterocycles. The van der Waals surface area contributed by atoms with Crippen LogP contribution in [-0.2, 0) is 6.18 Å². The maximum absolute atomic E-state index is 13.3. The van der Waals surface area contributed by atoms with Crippen molar-refractivity contribution in [2.45, 2.75) is 44.3 Å². The van der Waals surface area contributed by atoms with Crippen LogP contribution in [0.5, 0.6) is 5.75 Å². The van der Waals surface area contributed by atoms with Crippen LogP contribution >= 0.6 is 15.9 Å². The molecule has 0 unspecified atom stereocenters. The minimum atomic E-state index is -4.86. The molecule has 1 aliphatic carbocycles. The Morgan fingerprint density at radius 2 is 1.66 bits per heavy atom.